The SMILES string of the molecule is CCOC(=O)CCCC[Si](OCC)(OCC)OCC. The molecule has 0 aliphatic heterocycles. The van der Waals surface area contributed by atoms with Gasteiger partial charge in [0.05, 0.1) is 6.61 Å². The highest BCUT2D eigenvalue weighted by atomic mass is 28.4. The van der Waals surface area contributed by atoms with Gasteiger partial charge in [0.25, 0.3) is 0 Å². The number of rotatable bonds is 12. The molecule has 114 valence electrons. The van der Waals surface area contributed by atoms with Gasteiger partial charge in [-0.1, -0.05) is 0 Å². The fourth-order valence-electron chi connectivity index (χ4n) is 1.85. The van der Waals surface area contributed by atoms with E-state index in [-0.39, 0.29) is 5.97 Å². The fraction of sp³-hybridized carbons (Fsp3) is 0.923. The molecule has 0 unspecified atom stereocenters. The van der Waals surface area contributed by atoms with Gasteiger partial charge in [-0.05, 0) is 40.5 Å². The number of esters is 1. The Morgan fingerprint density at radius 3 is 1.79 bits per heavy atom. The van der Waals surface area contributed by atoms with Gasteiger partial charge in [-0.15, -0.1) is 0 Å². The van der Waals surface area contributed by atoms with Gasteiger partial charge < -0.3 is 18.0 Å². The summed E-state index contributed by atoms with van der Waals surface area (Å²) in [5.41, 5.74) is 0. The third kappa shape index (κ3) is 8.36. The Hall–Kier alpha value is -0.433. The summed E-state index contributed by atoms with van der Waals surface area (Å²) in [6, 6.07) is 0.752. The van der Waals surface area contributed by atoms with Gasteiger partial charge in [0.15, 0.2) is 0 Å². The molecule has 0 fully saturated rings. The predicted molar refractivity (Wildman–Crippen MR) is 75.9 cm³/mol. The van der Waals surface area contributed by atoms with E-state index in [1.54, 1.807) is 0 Å². The molecule has 0 rings (SSSR count). The van der Waals surface area contributed by atoms with Gasteiger partial charge >= 0.3 is 14.8 Å². The second-order valence-electron chi connectivity index (χ2n) is 3.99. The molecule has 0 aromatic carbocycles. The van der Waals surface area contributed by atoms with E-state index in [2.05, 4.69) is 0 Å². The second kappa shape index (κ2) is 11.4. The molecule has 0 atom stereocenters. The number of ether oxygens (including phenoxy) is 1. The van der Waals surface area contributed by atoms with E-state index in [4.69, 9.17) is 18.0 Å². The van der Waals surface area contributed by atoms with Crippen molar-refractivity contribution in [1.82, 2.24) is 0 Å². The van der Waals surface area contributed by atoms with E-state index in [0.29, 0.717) is 32.8 Å². The maximum absolute atomic E-state index is 11.2. The van der Waals surface area contributed by atoms with E-state index in [9.17, 15) is 4.79 Å². The van der Waals surface area contributed by atoms with Crippen LogP contribution in [-0.4, -0.2) is 41.2 Å². The molecule has 0 saturated carbocycles. The average molecular weight is 292 g/mol. The van der Waals surface area contributed by atoms with Crippen LogP contribution in [0.25, 0.3) is 0 Å². The Bertz CT molecular complexity index is 218. The minimum absolute atomic E-state index is 0.140. The molecular weight excluding hydrogens is 264 g/mol. The van der Waals surface area contributed by atoms with Crippen LogP contribution in [0.1, 0.15) is 47.0 Å². The Kier molecular flexibility index (Phi) is 11.1. The number of hydrogen-bond acceptors (Lipinski definition) is 5. The second-order valence-corrected chi connectivity index (χ2v) is 6.73. The first-order valence-corrected chi connectivity index (χ1v) is 9.14. The van der Waals surface area contributed by atoms with Crippen molar-refractivity contribution >= 4 is 14.8 Å². The minimum Gasteiger partial charge on any atom is -0.466 e. The van der Waals surface area contributed by atoms with Crippen molar-refractivity contribution in [3.05, 3.63) is 0 Å². The van der Waals surface area contributed by atoms with Gasteiger partial charge in [-0.2, -0.15) is 0 Å². The first-order valence-electron chi connectivity index (χ1n) is 7.21. The first kappa shape index (κ1) is 18.6. The molecule has 0 radical (unpaired) electrons. The largest absolute Gasteiger partial charge is 0.500 e. The number of hydrogen-bond donors (Lipinski definition) is 0. The molecule has 5 nitrogen and oxygen atoms in total. The van der Waals surface area contributed by atoms with Crippen LogP contribution in [0.4, 0.5) is 0 Å². The van der Waals surface area contributed by atoms with Gasteiger partial charge in [0.2, 0.25) is 0 Å². The molecule has 6 heteroatoms. The quantitative estimate of drug-likeness (QED) is 0.314. The Morgan fingerprint density at radius 1 is 0.842 bits per heavy atom. The molecule has 0 aromatic heterocycles. The van der Waals surface area contributed by atoms with Crippen LogP contribution in [0.5, 0.6) is 0 Å². The molecule has 0 spiro atoms. The Balaban J connectivity index is 4.13. The van der Waals surface area contributed by atoms with Crippen LogP contribution in [0.15, 0.2) is 0 Å². The van der Waals surface area contributed by atoms with E-state index in [1.807, 2.05) is 27.7 Å². The van der Waals surface area contributed by atoms with E-state index in [0.717, 1.165) is 18.9 Å². The van der Waals surface area contributed by atoms with Crippen LogP contribution < -0.4 is 0 Å². The molecule has 0 aliphatic rings. The van der Waals surface area contributed by atoms with Crippen molar-refractivity contribution in [1.29, 1.82) is 0 Å². The van der Waals surface area contributed by atoms with Gasteiger partial charge in [-0.25, -0.2) is 0 Å². The molecule has 0 bridgehead atoms. The van der Waals surface area contributed by atoms with Crippen LogP contribution >= 0.6 is 0 Å². The highest BCUT2D eigenvalue weighted by molar-refractivity contribution is 6.60. The van der Waals surface area contributed by atoms with Gasteiger partial charge in [0.1, 0.15) is 0 Å². The normalized spacial score (nSPS) is 11.6. The summed E-state index contributed by atoms with van der Waals surface area (Å²) in [7, 11) is -2.54. The van der Waals surface area contributed by atoms with Crippen molar-refractivity contribution in [3.8, 4) is 0 Å². The molecule has 0 N–H and O–H groups in total. The van der Waals surface area contributed by atoms with Crippen molar-refractivity contribution < 1.29 is 22.8 Å². The minimum atomic E-state index is -2.54. The standard InChI is InChI=1S/C13H28O5Si/c1-5-15-13(14)11-9-10-12-19(16-6-2,17-7-3)18-8-4/h5-12H2,1-4H3. The van der Waals surface area contributed by atoms with Crippen molar-refractivity contribution in [3.63, 3.8) is 0 Å². The number of carbonyl (C=O) groups excluding carboxylic acids is 1. The summed E-state index contributed by atoms with van der Waals surface area (Å²) in [6.45, 7) is 9.84. The monoisotopic (exact) mass is 292 g/mol. The summed E-state index contributed by atoms with van der Waals surface area (Å²) >= 11 is 0. The summed E-state index contributed by atoms with van der Waals surface area (Å²) in [5, 5.41) is 0. The fourth-order valence-corrected chi connectivity index (χ4v) is 4.53. The van der Waals surface area contributed by atoms with Crippen molar-refractivity contribution in [2.75, 3.05) is 26.4 Å². The third-order valence-corrected chi connectivity index (χ3v) is 5.66. The van der Waals surface area contributed by atoms with E-state index < -0.39 is 8.80 Å². The maximum atomic E-state index is 11.2. The smallest absolute Gasteiger partial charge is 0.466 e. The zero-order valence-corrected chi connectivity index (χ0v) is 13.7. The summed E-state index contributed by atoms with van der Waals surface area (Å²) < 4.78 is 22.1. The first-order chi connectivity index (χ1) is 9.14. The molecule has 0 amide bonds. The van der Waals surface area contributed by atoms with Crippen molar-refractivity contribution in [2.45, 2.75) is 53.0 Å². The lowest BCUT2D eigenvalue weighted by Gasteiger charge is -2.28. The van der Waals surface area contributed by atoms with Crippen LogP contribution in [-0.2, 0) is 22.8 Å². The van der Waals surface area contributed by atoms with Gasteiger partial charge in [-0.3, -0.25) is 4.79 Å². The Labute approximate surface area is 117 Å². The highest BCUT2D eigenvalue weighted by Crippen LogP contribution is 2.20. The van der Waals surface area contributed by atoms with Crippen molar-refractivity contribution in [2.24, 2.45) is 0 Å². The zero-order chi connectivity index (χ0) is 14.6. The Morgan fingerprint density at radius 2 is 1.37 bits per heavy atom. The lowest BCUT2D eigenvalue weighted by molar-refractivity contribution is -0.143. The third-order valence-electron chi connectivity index (χ3n) is 2.51. The number of carbonyl (C=O) groups is 1. The summed E-state index contributed by atoms with van der Waals surface area (Å²) in [6.07, 6.45) is 2.08. The summed E-state index contributed by atoms with van der Waals surface area (Å²) in [5.74, 6) is -0.140. The van der Waals surface area contributed by atoms with Crippen LogP contribution in [0, 0.1) is 0 Å². The van der Waals surface area contributed by atoms with Crippen LogP contribution in [0.2, 0.25) is 6.04 Å². The maximum Gasteiger partial charge on any atom is 0.500 e. The lowest BCUT2D eigenvalue weighted by Crippen LogP contribution is -2.45. The lowest BCUT2D eigenvalue weighted by atomic mass is 10.2. The highest BCUT2D eigenvalue weighted by Gasteiger charge is 2.39. The summed E-state index contributed by atoms with van der Waals surface area (Å²) in [4.78, 5) is 11.2. The molecular formula is C13H28O5Si. The van der Waals surface area contributed by atoms with E-state index >= 15 is 0 Å². The molecule has 19 heavy (non-hydrogen) atoms. The predicted octanol–water partition coefficient (Wildman–Crippen LogP) is 2.77. The number of unbranched alkanes of at least 4 members (excludes halogenated alkanes) is 1. The molecule has 0 saturated heterocycles. The average Bonchev–Trinajstić information content (AvgIpc) is 2.36. The zero-order valence-electron chi connectivity index (χ0n) is 12.7. The van der Waals surface area contributed by atoms with Gasteiger partial charge in [0, 0.05) is 32.3 Å². The van der Waals surface area contributed by atoms with Crippen LogP contribution in [0.3, 0.4) is 0 Å². The molecule has 0 aliphatic carbocycles. The molecule has 0 aromatic rings. The topological polar surface area (TPSA) is 54.0 Å². The molecule has 0 heterocycles. The van der Waals surface area contributed by atoms with E-state index in [1.165, 1.54) is 0 Å².